The zero-order chi connectivity index (χ0) is 18.0. The Morgan fingerprint density at radius 1 is 1.40 bits per heavy atom. The fraction of sp³-hybridized carbons (Fsp3) is 0.579. The van der Waals surface area contributed by atoms with Crippen molar-refractivity contribution in [3.63, 3.8) is 0 Å². The van der Waals surface area contributed by atoms with Crippen LogP contribution in [0.3, 0.4) is 0 Å². The van der Waals surface area contributed by atoms with E-state index in [2.05, 4.69) is 40.0 Å². The number of fused-ring (bicyclic) bond motifs is 1. The lowest BCUT2D eigenvalue weighted by Crippen LogP contribution is -2.51. The average Bonchev–Trinajstić information content (AvgIpc) is 2.60. The molecule has 1 aliphatic rings. The highest BCUT2D eigenvalue weighted by Crippen LogP contribution is 2.27. The Balaban J connectivity index is 2.13. The van der Waals surface area contributed by atoms with Gasteiger partial charge in [-0.15, -0.1) is 0 Å². The van der Waals surface area contributed by atoms with Gasteiger partial charge in [-0.05, 0) is 38.5 Å². The molecule has 2 aromatic rings. The number of aromatic nitrogens is 2. The van der Waals surface area contributed by atoms with Crippen molar-refractivity contribution >= 4 is 26.8 Å². The molecule has 1 saturated heterocycles. The van der Waals surface area contributed by atoms with Crippen molar-refractivity contribution in [1.29, 1.82) is 0 Å². The third-order valence-electron chi connectivity index (χ3n) is 4.96. The highest BCUT2D eigenvalue weighted by atomic mass is 79.9. The highest BCUT2D eigenvalue weighted by Gasteiger charge is 2.28. The third kappa shape index (κ3) is 3.81. The van der Waals surface area contributed by atoms with E-state index in [1.54, 1.807) is 0 Å². The van der Waals surface area contributed by atoms with Gasteiger partial charge < -0.3 is 5.32 Å². The Hall–Kier alpha value is -1.24. The first-order chi connectivity index (χ1) is 12.0. The highest BCUT2D eigenvalue weighted by molar-refractivity contribution is 9.10. The molecule has 1 aromatic heterocycles. The summed E-state index contributed by atoms with van der Waals surface area (Å²) in [7, 11) is 0. The second-order valence-corrected chi connectivity index (χ2v) is 7.75. The van der Waals surface area contributed by atoms with Crippen LogP contribution in [0.2, 0.25) is 0 Å². The van der Waals surface area contributed by atoms with Gasteiger partial charge in [0.15, 0.2) is 0 Å². The first-order valence-corrected chi connectivity index (χ1v) is 10.0. The van der Waals surface area contributed by atoms with Crippen LogP contribution >= 0.6 is 15.9 Å². The number of hydrogen-bond acceptors (Lipinski definition) is 4. The van der Waals surface area contributed by atoms with Gasteiger partial charge in [0.1, 0.15) is 5.82 Å². The van der Waals surface area contributed by atoms with E-state index in [0.717, 1.165) is 48.3 Å². The van der Waals surface area contributed by atoms with E-state index in [1.807, 2.05) is 29.7 Å². The van der Waals surface area contributed by atoms with Crippen molar-refractivity contribution in [3.05, 3.63) is 38.9 Å². The van der Waals surface area contributed by atoms with Crippen LogP contribution < -0.4 is 10.9 Å². The van der Waals surface area contributed by atoms with Crippen LogP contribution in [-0.4, -0.2) is 40.1 Å². The van der Waals surface area contributed by atoms with Crippen LogP contribution in [0, 0.1) is 0 Å². The van der Waals surface area contributed by atoms with Gasteiger partial charge in [0.05, 0.1) is 16.9 Å². The second-order valence-electron chi connectivity index (χ2n) is 6.84. The standard InChI is InChI=1S/C19H27BrN4O/c1-4-6-17(23-10-9-21-13(3)12-23)18-22-16-8-7-14(20)11-15(16)19(25)24(18)5-2/h7-8,11,13,17,21H,4-6,9-10,12H2,1-3H3. The Labute approximate surface area is 157 Å². The maximum absolute atomic E-state index is 13.1. The molecular formula is C19H27BrN4O. The smallest absolute Gasteiger partial charge is 0.261 e. The predicted molar refractivity (Wildman–Crippen MR) is 106 cm³/mol. The summed E-state index contributed by atoms with van der Waals surface area (Å²) in [6.07, 6.45) is 2.09. The summed E-state index contributed by atoms with van der Waals surface area (Å²) >= 11 is 3.46. The average molecular weight is 407 g/mol. The quantitative estimate of drug-likeness (QED) is 0.827. The Kier molecular flexibility index (Phi) is 5.92. The number of benzene rings is 1. The molecule has 1 aromatic carbocycles. The molecule has 1 fully saturated rings. The lowest BCUT2D eigenvalue weighted by atomic mass is 10.1. The minimum atomic E-state index is 0.0630. The number of nitrogens with one attached hydrogen (secondary N) is 1. The van der Waals surface area contributed by atoms with Crippen LogP contribution in [0.15, 0.2) is 27.5 Å². The van der Waals surface area contributed by atoms with Crippen molar-refractivity contribution in [2.24, 2.45) is 0 Å². The molecule has 2 atom stereocenters. The van der Waals surface area contributed by atoms with Gasteiger partial charge in [0.25, 0.3) is 5.56 Å². The molecule has 0 aliphatic carbocycles. The van der Waals surface area contributed by atoms with Gasteiger partial charge in [-0.1, -0.05) is 29.3 Å². The minimum Gasteiger partial charge on any atom is -0.312 e. The van der Waals surface area contributed by atoms with Crippen molar-refractivity contribution in [3.8, 4) is 0 Å². The van der Waals surface area contributed by atoms with Gasteiger partial charge in [0, 0.05) is 36.7 Å². The lowest BCUT2D eigenvalue weighted by Gasteiger charge is -2.38. The number of hydrogen-bond donors (Lipinski definition) is 1. The predicted octanol–water partition coefficient (Wildman–Crippen LogP) is 3.31. The van der Waals surface area contributed by atoms with Crippen LogP contribution in [0.25, 0.3) is 10.9 Å². The summed E-state index contributed by atoms with van der Waals surface area (Å²) in [4.78, 5) is 20.5. The van der Waals surface area contributed by atoms with E-state index in [-0.39, 0.29) is 11.6 Å². The number of halogens is 1. The number of piperazine rings is 1. The van der Waals surface area contributed by atoms with Gasteiger partial charge in [-0.3, -0.25) is 14.3 Å². The molecule has 2 unspecified atom stereocenters. The van der Waals surface area contributed by atoms with E-state index >= 15 is 0 Å². The second kappa shape index (κ2) is 7.98. The zero-order valence-corrected chi connectivity index (χ0v) is 16.8. The summed E-state index contributed by atoms with van der Waals surface area (Å²) in [6.45, 7) is 10.1. The maximum Gasteiger partial charge on any atom is 0.261 e. The SMILES string of the molecule is CCCC(c1nc2ccc(Br)cc2c(=O)n1CC)N1CCNC(C)C1. The fourth-order valence-electron chi connectivity index (χ4n) is 3.76. The molecular weight excluding hydrogens is 380 g/mol. The molecule has 25 heavy (non-hydrogen) atoms. The van der Waals surface area contributed by atoms with E-state index in [4.69, 9.17) is 4.98 Å². The first kappa shape index (κ1) is 18.5. The minimum absolute atomic E-state index is 0.0630. The van der Waals surface area contributed by atoms with Crippen molar-refractivity contribution in [1.82, 2.24) is 19.8 Å². The molecule has 1 N–H and O–H groups in total. The fourth-order valence-corrected chi connectivity index (χ4v) is 4.12. The molecule has 5 nitrogen and oxygen atoms in total. The van der Waals surface area contributed by atoms with E-state index < -0.39 is 0 Å². The van der Waals surface area contributed by atoms with Gasteiger partial charge in [0.2, 0.25) is 0 Å². The van der Waals surface area contributed by atoms with Crippen LogP contribution in [-0.2, 0) is 6.54 Å². The zero-order valence-electron chi connectivity index (χ0n) is 15.3. The third-order valence-corrected chi connectivity index (χ3v) is 5.46. The molecule has 0 bridgehead atoms. The number of rotatable bonds is 5. The molecule has 3 rings (SSSR count). The molecule has 6 heteroatoms. The summed E-state index contributed by atoms with van der Waals surface area (Å²) in [5.74, 6) is 0.915. The van der Waals surface area contributed by atoms with Crippen LogP contribution in [0.5, 0.6) is 0 Å². The molecule has 136 valence electrons. The molecule has 0 radical (unpaired) electrons. The van der Waals surface area contributed by atoms with Crippen molar-refractivity contribution in [2.45, 2.75) is 52.2 Å². The summed E-state index contributed by atoms with van der Waals surface area (Å²) in [5, 5.41) is 4.18. The Bertz CT molecular complexity index is 804. The first-order valence-electron chi connectivity index (χ1n) is 9.22. The summed E-state index contributed by atoms with van der Waals surface area (Å²) in [6, 6.07) is 6.42. The Morgan fingerprint density at radius 3 is 2.88 bits per heavy atom. The molecule has 0 spiro atoms. The normalized spacial score (nSPS) is 20.1. The topological polar surface area (TPSA) is 50.2 Å². The Morgan fingerprint density at radius 2 is 2.20 bits per heavy atom. The monoisotopic (exact) mass is 406 g/mol. The maximum atomic E-state index is 13.1. The summed E-state index contributed by atoms with van der Waals surface area (Å²) in [5.41, 5.74) is 0.852. The van der Waals surface area contributed by atoms with E-state index in [0.29, 0.717) is 18.0 Å². The number of nitrogens with zero attached hydrogens (tertiary/aromatic N) is 3. The van der Waals surface area contributed by atoms with Crippen molar-refractivity contribution in [2.75, 3.05) is 19.6 Å². The lowest BCUT2D eigenvalue weighted by molar-refractivity contribution is 0.132. The van der Waals surface area contributed by atoms with Crippen LogP contribution in [0.4, 0.5) is 0 Å². The molecule has 0 amide bonds. The van der Waals surface area contributed by atoms with Gasteiger partial charge in [-0.25, -0.2) is 4.98 Å². The van der Waals surface area contributed by atoms with Gasteiger partial charge in [-0.2, -0.15) is 0 Å². The van der Waals surface area contributed by atoms with E-state index in [1.165, 1.54) is 0 Å². The van der Waals surface area contributed by atoms with Crippen LogP contribution in [0.1, 0.15) is 45.5 Å². The van der Waals surface area contributed by atoms with E-state index in [9.17, 15) is 4.79 Å². The summed E-state index contributed by atoms with van der Waals surface area (Å²) < 4.78 is 2.78. The van der Waals surface area contributed by atoms with Crippen molar-refractivity contribution < 1.29 is 0 Å². The van der Waals surface area contributed by atoms with Gasteiger partial charge >= 0.3 is 0 Å². The largest absolute Gasteiger partial charge is 0.312 e. The molecule has 1 aliphatic heterocycles. The molecule has 2 heterocycles. The molecule has 0 saturated carbocycles.